The van der Waals surface area contributed by atoms with Crippen molar-refractivity contribution in [2.75, 3.05) is 16.8 Å². The quantitative estimate of drug-likeness (QED) is 0.652. The summed E-state index contributed by atoms with van der Waals surface area (Å²) in [6, 6.07) is 5.52. The molecule has 0 bridgehead atoms. The van der Waals surface area contributed by atoms with Crippen LogP contribution < -0.4 is 11.1 Å². The Bertz CT molecular complexity index is 575. The fraction of sp³-hybridized carbons (Fsp3) is 0.250. The van der Waals surface area contributed by atoms with Crippen LogP contribution in [0.1, 0.15) is 5.56 Å². The summed E-state index contributed by atoms with van der Waals surface area (Å²) < 4.78 is 1.63. The number of nitrogens with one attached hydrogen (secondary N) is 1. The van der Waals surface area contributed by atoms with Gasteiger partial charge < -0.3 is 11.1 Å². The van der Waals surface area contributed by atoms with Crippen molar-refractivity contribution in [3.05, 3.63) is 30.1 Å². The maximum Gasteiger partial charge on any atom is 0.234 e. The number of para-hydroxylation sites is 1. The Kier molecular flexibility index (Phi) is 4.06. The number of nitrogens with zero attached hydrogens (tertiary/aromatic N) is 3. The highest BCUT2D eigenvalue weighted by Crippen LogP contribution is 2.23. The van der Waals surface area contributed by atoms with Crippen LogP contribution in [0.15, 0.2) is 29.7 Å². The van der Waals surface area contributed by atoms with E-state index < -0.39 is 0 Å². The van der Waals surface area contributed by atoms with Crippen molar-refractivity contribution in [1.82, 2.24) is 14.8 Å². The van der Waals surface area contributed by atoms with E-state index in [1.54, 1.807) is 17.8 Å². The molecule has 2 rings (SSSR count). The van der Waals surface area contributed by atoms with Crippen LogP contribution in [0.5, 0.6) is 0 Å². The first kappa shape index (κ1) is 13.4. The molecular formula is C12H15N5OS. The zero-order valence-electron chi connectivity index (χ0n) is 10.8. The Labute approximate surface area is 115 Å². The molecule has 0 saturated carbocycles. The van der Waals surface area contributed by atoms with Crippen LogP contribution in [0, 0.1) is 6.92 Å². The normalized spacial score (nSPS) is 10.4. The van der Waals surface area contributed by atoms with E-state index in [0.29, 0.717) is 16.5 Å². The second kappa shape index (κ2) is 5.75. The van der Waals surface area contributed by atoms with Crippen LogP contribution in [0.2, 0.25) is 0 Å². The van der Waals surface area contributed by atoms with Gasteiger partial charge in [-0.3, -0.25) is 4.79 Å². The summed E-state index contributed by atoms with van der Waals surface area (Å²) in [7, 11) is 1.78. The van der Waals surface area contributed by atoms with Crippen molar-refractivity contribution in [2.45, 2.75) is 12.1 Å². The SMILES string of the molecule is Cc1cccc(N)c1NC(=O)CSc1ncnn1C. The molecule has 1 heterocycles. The predicted molar refractivity (Wildman–Crippen MR) is 75.9 cm³/mol. The number of carbonyl (C=O) groups excluding carboxylic acids is 1. The Hall–Kier alpha value is -2.02. The van der Waals surface area contributed by atoms with Crippen molar-refractivity contribution >= 4 is 29.0 Å². The highest BCUT2D eigenvalue weighted by molar-refractivity contribution is 7.99. The first-order chi connectivity index (χ1) is 9.08. The number of carbonyl (C=O) groups is 1. The van der Waals surface area contributed by atoms with Crippen LogP contribution in [-0.4, -0.2) is 26.4 Å². The summed E-state index contributed by atoms with van der Waals surface area (Å²) >= 11 is 1.33. The first-order valence-electron chi connectivity index (χ1n) is 5.69. The molecule has 3 N–H and O–H groups in total. The van der Waals surface area contributed by atoms with Crippen molar-refractivity contribution in [2.24, 2.45) is 7.05 Å². The van der Waals surface area contributed by atoms with Gasteiger partial charge in [0.1, 0.15) is 6.33 Å². The molecule has 0 unspecified atom stereocenters. The molecule has 6 nitrogen and oxygen atoms in total. The molecule has 0 spiro atoms. The second-order valence-corrected chi connectivity index (χ2v) is 4.98. The van der Waals surface area contributed by atoms with Gasteiger partial charge in [0.15, 0.2) is 5.16 Å². The highest BCUT2D eigenvalue weighted by atomic mass is 32.2. The smallest absolute Gasteiger partial charge is 0.234 e. The first-order valence-corrected chi connectivity index (χ1v) is 6.68. The standard InChI is InChI=1S/C12H15N5OS/c1-8-4-3-5-9(13)11(8)16-10(18)6-19-12-14-7-15-17(12)2/h3-5,7H,6,13H2,1-2H3,(H,16,18). The zero-order valence-corrected chi connectivity index (χ0v) is 11.6. The molecule has 100 valence electrons. The van der Waals surface area contributed by atoms with Gasteiger partial charge in [0.05, 0.1) is 17.1 Å². The van der Waals surface area contributed by atoms with Gasteiger partial charge >= 0.3 is 0 Å². The van der Waals surface area contributed by atoms with Gasteiger partial charge in [-0.05, 0) is 18.6 Å². The number of aromatic nitrogens is 3. The third-order valence-electron chi connectivity index (χ3n) is 2.57. The van der Waals surface area contributed by atoms with Crippen LogP contribution in [0.3, 0.4) is 0 Å². The minimum atomic E-state index is -0.117. The Morgan fingerprint density at radius 3 is 2.95 bits per heavy atom. The van der Waals surface area contributed by atoms with Gasteiger partial charge in [-0.25, -0.2) is 9.67 Å². The van der Waals surface area contributed by atoms with Crippen LogP contribution in [-0.2, 0) is 11.8 Å². The number of nitrogens with two attached hydrogens (primary N) is 1. The van der Waals surface area contributed by atoms with Crippen molar-refractivity contribution in [3.8, 4) is 0 Å². The lowest BCUT2D eigenvalue weighted by atomic mass is 10.1. The Balaban J connectivity index is 1.97. The van der Waals surface area contributed by atoms with E-state index in [2.05, 4.69) is 15.4 Å². The molecule has 2 aromatic rings. The lowest BCUT2D eigenvalue weighted by Gasteiger charge is -2.10. The Morgan fingerprint density at radius 1 is 1.53 bits per heavy atom. The third kappa shape index (κ3) is 3.25. The molecule has 7 heteroatoms. The lowest BCUT2D eigenvalue weighted by Crippen LogP contribution is -2.16. The zero-order chi connectivity index (χ0) is 13.8. The maximum atomic E-state index is 11.9. The molecule has 1 amide bonds. The summed E-state index contributed by atoms with van der Waals surface area (Å²) in [4.78, 5) is 15.9. The topological polar surface area (TPSA) is 85.8 Å². The van der Waals surface area contributed by atoms with Crippen LogP contribution in [0.25, 0.3) is 0 Å². The minimum absolute atomic E-state index is 0.117. The molecule has 0 aliphatic carbocycles. The number of nitrogen functional groups attached to an aromatic ring is 1. The summed E-state index contributed by atoms with van der Waals surface area (Å²) in [5.41, 5.74) is 8.02. The minimum Gasteiger partial charge on any atom is -0.397 e. The molecular weight excluding hydrogens is 262 g/mol. The number of anilines is 2. The van der Waals surface area contributed by atoms with Crippen LogP contribution >= 0.6 is 11.8 Å². The average molecular weight is 277 g/mol. The van der Waals surface area contributed by atoms with E-state index >= 15 is 0 Å². The van der Waals surface area contributed by atoms with E-state index in [1.165, 1.54) is 18.1 Å². The molecule has 0 aliphatic heterocycles. The number of rotatable bonds is 4. The fourth-order valence-corrected chi connectivity index (χ4v) is 2.27. The van der Waals surface area contributed by atoms with Crippen LogP contribution in [0.4, 0.5) is 11.4 Å². The Morgan fingerprint density at radius 2 is 2.32 bits per heavy atom. The summed E-state index contributed by atoms with van der Waals surface area (Å²) in [5.74, 6) is 0.148. The number of benzene rings is 1. The molecule has 1 aromatic carbocycles. The molecule has 0 aliphatic rings. The fourth-order valence-electron chi connectivity index (χ4n) is 1.58. The van der Waals surface area contributed by atoms with Crippen molar-refractivity contribution in [3.63, 3.8) is 0 Å². The molecule has 0 fully saturated rings. The maximum absolute atomic E-state index is 11.9. The predicted octanol–water partition coefficient (Wildman–Crippen LogP) is 1.44. The van der Waals surface area contributed by atoms with E-state index in [1.807, 2.05) is 19.1 Å². The van der Waals surface area contributed by atoms with E-state index in [9.17, 15) is 4.79 Å². The molecule has 0 saturated heterocycles. The number of thioether (sulfide) groups is 1. The van der Waals surface area contributed by atoms with Crippen molar-refractivity contribution < 1.29 is 4.79 Å². The van der Waals surface area contributed by atoms with Crippen molar-refractivity contribution in [1.29, 1.82) is 0 Å². The highest BCUT2D eigenvalue weighted by Gasteiger charge is 2.10. The molecule has 1 aromatic heterocycles. The van der Waals surface area contributed by atoms with E-state index in [0.717, 1.165) is 5.56 Å². The van der Waals surface area contributed by atoms with Gasteiger partial charge in [-0.15, -0.1) is 0 Å². The summed E-state index contributed by atoms with van der Waals surface area (Å²) in [6.07, 6.45) is 1.46. The number of amides is 1. The van der Waals surface area contributed by atoms with E-state index in [4.69, 9.17) is 5.73 Å². The summed E-state index contributed by atoms with van der Waals surface area (Å²) in [5, 5.41) is 7.46. The van der Waals surface area contributed by atoms with Gasteiger partial charge in [0.2, 0.25) is 5.91 Å². The van der Waals surface area contributed by atoms with Gasteiger partial charge in [-0.1, -0.05) is 23.9 Å². The number of aryl methyl sites for hydroxylation is 2. The number of hydrogen-bond acceptors (Lipinski definition) is 5. The molecule has 19 heavy (non-hydrogen) atoms. The van der Waals surface area contributed by atoms with Gasteiger partial charge in [0.25, 0.3) is 0 Å². The summed E-state index contributed by atoms with van der Waals surface area (Å²) in [6.45, 7) is 1.90. The van der Waals surface area contributed by atoms with E-state index in [-0.39, 0.29) is 11.7 Å². The average Bonchev–Trinajstić information content (AvgIpc) is 2.77. The van der Waals surface area contributed by atoms with Gasteiger partial charge in [0, 0.05) is 7.05 Å². The largest absolute Gasteiger partial charge is 0.397 e. The third-order valence-corrected chi connectivity index (χ3v) is 3.61. The number of hydrogen-bond donors (Lipinski definition) is 2. The molecule has 0 radical (unpaired) electrons. The second-order valence-electron chi connectivity index (χ2n) is 4.04. The monoisotopic (exact) mass is 277 g/mol. The molecule has 0 atom stereocenters. The lowest BCUT2D eigenvalue weighted by molar-refractivity contribution is -0.113. The van der Waals surface area contributed by atoms with Gasteiger partial charge in [-0.2, -0.15) is 5.10 Å².